The van der Waals surface area contributed by atoms with Gasteiger partial charge >= 0.3 is 11.9 Å². The van der Waals surface area contributed by atoms with Gasteiger partial charge in [-0.25, -0.2) is 14.0 Å². The summed E-state index contributed by atoms with van der Waals surface area (Å²) >= 11 is 0. The Hall–Kier alpha value is -1.66. The lowest BCUT2D eigenvalue weighted by Gasteiger charge is -2.00. The lowest BCUT2D eigenvalue weighted by molar-refractivity contribution is -0.138. The number of ether oxygens (including phenoxy) is 2. The van der Waals surface area contributed by atoms with Gasteiger partial charge in [0, 0.05) is 0 Å². The van der Waals surface area contributed by atoms with Crippen molar-refractivity contribution in [3.05, 3.63) is 0 Å². The van der Waals surface area contributed by atoms with Crippen LogP contribution < -0.4 is 0 Å². The molecular formula is C6H8FNO5. The summed E-state index contributed by atoms with van der Waals surface area (Å²) in [5.74, 6) is -2.11. The number of nitrogens with zero attached hydrogens (tertiary/aromatic N) is 1. The average Bonchev–Trinajstić information content (AvgIpc) is 2.17. The molecule has 0 amide bonds. The van der Waals surface area contributed by atoms with Gasteiger partial charge in [-0.2, -0.15) is 0 Å². The van der Waals surface area contributed by atoms with Crippen LogP contribution in [-0.4, -0.2) is 38.7 Å². The van der Waals surface area contributed by atoms with Crippen molar-refractivity contribution in [1.29, 1.82) is 0 Å². The van der Waals surface area contributed by atoms with Gasteiger partial charge in [-0.1, -0.05) is 5.16 Å². The van der Waals surface area contributed by atoms with Crippen molar-refractivity contribution in [3.63, 3.8) is 0 Å². The molecular weight excluding hydrogens is 185 g/mol. The third-order valence-electron chi connectivity index (χ3n) is 0.962. The van der Waals surface area contributed by atoms with Crippen molar-refractivity contribution >= 4 is 17.7 Å². The van der Waals surface area contributed by atoms with Crippen LogP contribution in [0.5, 0.6) is 0 Å². The molecule has 0 bridgehead atoms. The van der Waals surface area contributed by atoms with E-state index in [-0.39, 0.29) is 0 Å². The van der Waals surface area contributed by atoms with Gasteiger partial charge in [0.2, 0.25) is 0 Å². The van der Waals surface area contributed by atoms with Crippen LogP contribution in [0.4, 0.5) is 4.39 Å². The fraction of sp³-hybridized carbons (Fsp3) is 0.500. The quantitative estimate of drug-likeness (QED) is 0.263. The number of methoxy groups -OCH3 is 2. The Morgan fingerprint density at radius 2 is 1.69 bits per heavy atom. The summed E-state index contributed by atoms with van der Waals surface area (Å²) in [6.07, 6.45) is 0. The molecule has 0 saturated carbocycles. The molecule has 13 heavy (non-hydrogen) atoms. The van der Waals surface area contributed by atoms with Gasteiger partial charge in [-0.05, 0) is 0 Å². The number of hydrogen-bond acceptors (Lipinski definition) is 6. The fourth-order valence-electron chi connectivity index (χ4n) is 0.440. The van der Waals surface area contributed by atoms with Crippen molar-refractivity contribution in [3.8, 4) is 0 Å². The summed E-state index contributed by atoms with van der Waals surface area (Å²) < 4.78 is 19.8. The summed E-state index contributed by atoms with van der Waals surface area (Å²) in [6, 6.07) is 0. The van der Waals surface area contributed by atoms with E-state index in [1.807, 2.05) is 0 Å². The summed E-state index contributed by atoms with van der Waals surface area (Å²) in [4.78, 5) is 25.4. The van der Waals surface area contributed by atoms with Crippen molar-refractivity contribution in [1.82, 2.24) is 0 Å². The molecule has 0 atom stereocenters. The first-order valence-electron chi connectivity index (χ1n) is 3.10. The second-order valence-electron chi connectivity index (χ2n) is 1.66. The highest BCUT2D eigenvalue weighted by atomic mass is 19.1. The highest BCUT2D eigenvalue weighted by Gasteiger charge is 2.23. The monoisotopic (exact) mass is 193 g/mol. The fourth-order valence-corrected chi connectivity index (χ4v) is 0.440. The van der Waals surface area contributed by atoms with Crippen molar-refractivity contribution in [2.45, 2.75) is 0 Å². The Morgan fingerprint density at radius 1 is 1.23 bits per heavy atom. The summed E-state index contributed by atoms with van der Waals surface area (Å²) in [5.41, 5.74) is -0.748. The molecule has 74 valence electrons. The maximum atomic E-state index is 11.5. The minimum absolute atomic E-state index is 0.748. The summed E-state index contributed by atoms with van der Waals surface area (Å²) in [7, 11) is 2.08. The number of hydrogen-bond donors (Lipinski definition) is 0. The van der Waals surface area contributed by atoms with E-state index in [1.165, 1.54) is 0 Å². The normalized spacial score (nSPS) is 8.54. The van der Waals surface area contributed by atoms with Crippen LogP contribution in [0.1, 0.15) is 0 Å². The first-order chi connectivity index (χ1) is 6.17. The van der Waals surface area contributed by atoms with E-state index in [4.69, 9.17) is 0 Å². The second-order valence-corrected chi connectivity index (χ2v) is 1.66. The van der Waals surface area contributed by atoms with Gasteiger partial charge in [0.1, 0.15) is 0 Å². The zero-order chi connectivity index (χ0) is 10.3. The molecule has 0 N–H and O–H groups in total. The molecule has 6 nitrogen and oxygen atoms in total. The molecule has 0 rings (SSSR count). The van der Waals surface area contributed by atoms with Crippen LogP contribution >= 0.6 is 0 Å². The van der Waals surface area contributed by atoms with E-state index >= 15 is 0 Å². The molecule has 0 saturated heterocycles. The summed E-state index contributed by atoms with van der Waals surface area (Å²) in [6.45, 7) is -1.25. The molecule has 0 spiro atoms. The molecule has 0 aliphatic rings. The molecule has 0 heterocycles. The first-order valence-corrected chi connectivity index (χ1v) is 3.10. The first kappa shape index (κ1) is 11.3. The Bertz CT molecular complexity index is 209. The highest BCUT2D eigenvalue weighted by Crippen LogP contribution is 1.89. The zero-order valence-electron chi connectivity index (χ0n) is 7.07. The van der Waals surface area contributed by atoms with Gasteiger partial charge in [0.05, 0.1) is 14.2 Å². The molecule has 7 heteroatoms. The Morgan fingerprint density at radius 3 is 2.00 bits per heavy atom. The molecule has 0 aromatic carbocycles. The predicted octanol–water partition coefficient (Wildman–Crippen LogP) is -0.368. The van der Waals surface area contributed by atoms with E-state index in [9.17, 15) is 14.0 Å². The lowest BCUT2D eigenvalue weighted by atomic mass is 10.4. The molecule has 0 unspecified atom stereocenters. The second kappa shape index (κ2) is 5.92. The minimum atomic E-state index is -1.25. The third-order valence-corrected chi connectivity index (χ3v) is 0.962. The molecule has 0 fully saturated rings. The topological polar surface area (TPSA) is 74.2 Å². The molecule has 0 aromatic rings. The van der Waals surface area contributed by atoms with Crippen LogP contribution in [0.2, 0.25) is 0 Å². The van der Waals surface area contributed by atoms with Crippen molar-refractivity contribution in [2.24, 2.45) is 5.16 Å². The van der Waals surface area contributed by atoms with Crippen LogP contribution in [0, 0.1) is 0 Å². The van der Waals surface area contributed by atoms with Crippen LogP contribution in [0.25, 0.3) is 0 Å². The minimum Gasteiger partial charge on any atom is -0.464 e. The number of oxime groups is 1. The lowest BCUT2D eigenvalue weighted by Crippen LogP contribution is -2.26. The zero-order valence-corrected chi connectivity index (χ0v) is 7.07. The molecule has 0 aromatic heterocycles. The van der Waals surface area contributed by atoms with Gasteiger partial charge < -0.3 is 14.3 Å². The van der Waals surface area contributed by atoms with Gasteiger partial charge in [0.25, 0.3) is 12.6 Å². The van der Waals surface area contributed by atoms with E-state index < -0.39 is 24.5 Å². The Kier molecular flexibility index (Phi) is 5.17. The van der Waals surface area contributed by atoms with Crippen LogP contribution in [0.3, 0.4) is 0 Å². The average molecular weight is 193 g/mol. The number of esters is 2. The Labute approximate surface area is 73.2 Å². The van der Waals surface area contributed by atoms with E-state index in [0.29, 0.717) is 0 Å². The van der Waals surface area contributed by atoms with Crippen molar-refractivity contribution in [2.75, 3.05) is 21.1 Å². The third kappa shape index (κ3) is 3.50. The van der Waals surface area contributed by atoms with Gasteiger partial charge in [0.15, 0.2) is 0 Å². The predicted molar refractivity (Wildman–Crippen MR) is 38.5 cm³/mol. The summed E-state index contributed by atoms with van der Waals surface area (Å²) in [5, 5.41) is 2.88. The number of carbonyl (C=O) groups excluding carboxylic acids is 2. The van der Waals surface area contributed by atoms with Gasteiger partial charge in [-0.15, -0.1) is 0 Å². The van der Waals surface area contributed by atoms with Gasteiger partial charge in [-0.3, -0.25) is 0 Å². The van der Waals surface area contributed by atoms with Crippen LogP contribution in [0.15, 0.2) is 5.16 Å². The number of alkyl halides is 1. The molecule has 0 aliphatic heterocycles. The maximum Gasteiger partial charge on any atom is 0.367 e. The van der Waals surface area contributed by atoms with E-state index in [0.717, 1.165) is 14.2 Å². The number of rotatable bonds is 4. The number of carbonyl (C=O) groups is 2. The van der Waals surface area contributed by atoms with Crippen molar-refractivity contribution < 1.29 is 28.3 Å². The standard InChI is InChI=1S/C6H8FNO5/c1-11-5(9)4(6(10)12-2)8-13-3-7/h3H2,1-2H3. The van der Waals surface area contributed by atoms with E-state index in [2.05, 4.69) is 19.5 Å². The molecule has 0 radical (unpaired) electrons. The van der Waals surface area contributed by atoms with Crippen LogP contribution in [-0.2, 0) is 23.9 Å². The van der Waals surface area contributed by atoms with E-state index in [1.54, 1.807) is 0 Å². The molecule has 0 aliphatic carbocycles. The maximum absolute atomic E-state index is 11.5. The SMILES string of the molecule is COC(=O)C(=NOCF)C(=O)OC. The highest BCUT2D eigenvalue weighted by molar-refractivity contribution is 6.62. The Balaban J connectivity index is 4.54. The largest absolute Gasteiger partial charge is 0.464 e. The number of halogens is 1. The smallest absolute Gasteiger partial charge is 0.367 e.